The SMILES string of the molecule is CCOC(=O)N1CCC2(C=C(SC)C3=C2CN=CN3)CC1. The van der Waals surface area contributed by atoms with Crippen molar-refractivity contribution in [2.24, 2.45) is 10.4 Å². The highest BCUT2D eigenvalue weighted by Gasteiger charge is 2.43. The summed E-state index contributed by atoms with van der Waals surface area (Å²) in [5.41, 5.74) is 2.70. The van der Waals surface area contributed by atoms with Gasteiger partial charge < -0.3 is 15.0 Å². The number of likely N-dealkylation sites (tertiary alicyclic amines) is 1. The molecule has 6 heteroatoms. The van der Waals surface area contributed by atoms with Crippen LogP contribution in [0.1, 0.15) is 19.8 Å². The second kappa shape index (κ2) is 5.75. The zero-order chi connectivity index (χ0) is 14.9. The van der Waals surface area contributed by atoms with Gasteiger partial charge in [-0.1, -0.05) is 6.08 Å². The lowest BCUT2D eigenvalue weighted by atomic mass is 9.74. The molecule has 21 heavy (non-hydrogen) atoms. The summed E-state index contributed by atoms with van der Waals surface area (Å²) in [5.74, 6) is 0. The van der Waals surface area contributed by atoms with Crippen molar-refractivity contribution in [3.8, 4) is 0 Å². The first-order chi connectivity index (χ1) is 10.2. The number of piperidine rings is 1. The molecular weight excluding hydrogens is 286 g/mol. The van der Waals surface area contributed by atoms with Gasteiger partial charge in [0.05, 0.1) is 25.2 Å². The second-order valence-corrected chi connectivity index (χ2v) is 6.37. The van der Waals surface area contributed by atoms with Gasteiger partial charge in [0.1, 0.15) is 0 Å². The maximum absolute atomic E-state index is 11.8. The van der Waals surface area contributed by atoms with Crippen molar-refractivity contribution in [1.82, 2.24) is 10.2 Å². The molecule has 3 rings (SSSR count). The summed E-state index contributed by atoms with van der Waals surface area (Å²) in [7, 11) is 0. The Balaban J connectivity index is 1.77. The summed E-state index contributed by atoms with van der Waals surface area (Å²) in [6, 6.07) is 0. The Labute approximate surface area is 129 Å². The summed E-state index contributed by atoms with van der Waals surface area (Å²) in [6.07, 6.45) is 7.99. The Hall–Kier alpha value is -1.43. The van der Waals surface area contributed by atoms with Crippen LogP contribution in [0.25, 0.3) is 0 Å². The molecule has 0 aromatic carbocycles. The Morgan fingerprint density at radius 1 is 1.52 bits per heavy atom. The molecule has 1 N–H and O–H groups in total. The minimum atomic E-state index is -0.187. The van der Waals surface area contributed by atoms with E-state index in [1.807, 2.05) is 11.8 Å². The molecule has 5 nitrogen and oxygen atoms in total. The van der Waals surface area contributed by atoms with Gasteiger partial charge in [-0.2, -0.15) is 0 Å². The number of rotatable bonds is 2. The Kier molecular flexibility index (Phi) is 3.97. The van der Waals surface area contributed by atoms with E-state index in [9.17, 15) is 4.79 Å². The third-order valence-electron chi connectivity index (χ3n) is 4.51. The van der Waals surface area contributed by atoms with E-state index < -0.39 is 0 Å². The van der Waals surface area contributed by atoms with E-state index in [1.165, 1.54) is 16.2 Å². The molecule has 2 heterocycles. The number of hydrogen-bond acceptors (Lipinski definition) is 5. The minimum absolute atomic E-state index is 0.0709. The van der Waals surface area contributed by atoms with E-state index in [-0.39, 0.29) is 11.5 Å². The number of nitrogens with zero attached hydrogens (tertiary/aromatic N) is 2. The second-order valence-electron chi connectivity index (χ2n) is 5.52. The average Bonchev–Trinajstić information content (AvgIpc) is 2.83. The molecule has 1 spiro atoms. The molecule has 114 valence electrons. The van der Waals surface area contributed by atoms with E-state index in [0.717, 1.165) is 32.5 Å². The number of allylic oxidation sites excluding steroid dienone is 1. The van der Waals surface area contributed by atoms with Crippen LogP contribution >= 0.6 is 11.8 Å². The van der Waals surface area contributed by atoms with Gasteiger partial charge in [0.25, 0.3) is 0 Å². The lowest BCUT2D eigenvalue weighted by molar-refractivity contribution is 0.0868. The summed E-state index contributed by atoms with van der Waals surface area (Å²) in [5, 5.41) is 3.30. The van der Waals surface area contributed by atoms with Crippen molar-refractivity contribution in [2.75, 3.05) is 32.5 Å². The van der Waals surface area contributed by atoms with Gasteiger partial charge in [-0.15, -0.1) is 11.8 Å². The van der Waals surface area contributed by atoms with Crippen molar-refractivity contribution < 1.29 is 9.53 Å². The number of hydrogen-bond donors (Lipinski definition) is 1. The van der Waals surface area contributed by atoms with Gasteiger partial charge in [0.2, 0.25) is 0 Å². The molecule has 1 saturated heterocycles. The van der Waals surface area contributed by atoms with Gasteiger partial charge in [-0.3, -0.25) is 4.99 Å². The highest BCUT2D eigenvalue weighted by molar-refractivity contribution is 8.02. The number of amides is 1. The van der Waals surface area contributed by atoms with E-state index >= 15 is 0 Å². The van der Waals surface area contributed by atoms with Crippen LogP contribution in [-0.4, -0.2) is 49.8 Å². The normalized spacial score (nSPS) is 23.0. The smallest absolute Gasteiger partial charge is 0.409 e. The monoisotopic (exact) mass is 307 g/mol. The zero-order valence-electron chi connectivity index (χ0n) is 12.5. The van der Waals surface area contributed by atoms with Gasteiger partial charge >= 0.3 is 6.09 Å². The van der Waals surface area contributed by atoms with Gasteiger partial charge in [0.15, 0.2) is 0 Å². The molecule has 2 aliphatic heterocycles. The number of fused-ring (bicyclic) bond motifs is 1. The van der Waals surface area contributed by atoms with Crippen LogP contribution in [0.3, 0.4) is 0 Å². The molecular formula is C15H21N3O2S. The van der Waals surface area contributed by atoms with Crippen molar-refractivity contribution in [3.63, 3.8) is 0 Å². The lowest BCUT2D eigenvalue weighted by Gasteiger charge is -2.39. The summed E-state index contributed by atoms with van der Waals surface area (Å²) >= 11 is 1.77. The first-order valence-electron chi connectivity index (χ1n) is 7.37. The third-order valence-corrected chi connectivity index (χ3v) is 5.27. The molecule has 3 aliphatic rings. The fourth-order valence-electron chi connectivity index (χ4n) is 3.36. The Bertz CT molecular complexity index is 531. The maximum Gasteiger partial charge on any atom is 0.409 e. The third kappa shape index (κ3) is 2.46. The molecule has 0 unspecified atom stereocenters. The number of thioether (sulfide) groups is 1. The number of ether oxygens (including phenoxy) is 1. The van der Waals surface area contributed by atoms with Crippen molar-refractivity contribution in [3.05, 3.63) is 22.3 Å². The molecule has 1 aliphatic carbocycles. The summed E-state index contributed by atoms with van der Waals surface area (Å²) < 4.78 is 5.10. The maximum atomic E-state index is 11.8. The molecule has 0 aromatic rings. The topological polar surface area (TPSA) is 53.9 Å². The highest BCUT2D eigenvalue weighted by atomic mass is 32.2. The van der Waals surface area contributed by atoms with E-state index in [1.54, 1.807) is 18.1 Å². The highest BCUT2D eigenvalue weighted by Crippen LogP contribution is 2.50. The summed E-state index contributed by atoms with van der Waals surface area (Å²) in [6.45, 7) is 4.54. The first kappa shape index (κ1) is 14.5. The van der Waals surface area contributed by atoms with Gasteiger partial charge in [-0.25, -0.2) is 4.79 Å². The van der Waals surface area contributed by atoms with E-state index in [2.05, 4.69) is 22.6 Å². The predicted molar refractivity (Wildman–Crippen MR) is 85.4 cm³/mol. The van der Waals surface area contributed by atoms with E-state index in [0.29, 0.717) is 6.61 Å². The fraction of sp³-hybridized carbons (Fsp3) is 0.600. The van der Waals surface area contributed by atoms with Gasteiger partial charge in [-0.05, 0) is 31.6 Å². The average molecular weight is 307 g/mol. The Morgan fingerprint density at radius 2 is 2.29 bits per heavy atom. The largest absolute Gasteiger partial charge is 0.450 e. The molecule has 0 atom stereocenters. The molecule has 0 bridgehead atoms. The molecule has 1 fully saturated rings. The van der Waals surface area contributed by atoms with Crippen LogP contribution in [0, 0.1) is 5.41 Å². The molecule has 0 radical (unpaired) electrons. The number of carbonyl (C=O) groups is 1. The van der Waals surface area contributed by atoms with Crippen LogP contribution in [0.2, 0.25) is 0 Å². The fourth-order valence-corrected chi connectivity index (χ4v) is 4.09. The van der Waals surface area contributed by atoms with Crippen molar-refractivity contribution in [2.45, 2.75) is 19.8 Å². The van der Waals surface area contributed by atoms with Gasteiger partial charge in [0, 0.05) is 23.4 Å². The van der Waals surface area contributed by atoms with Crippen molar-refractivity contribution >= 4 is 24.2 Å². The lowest BCUT2D eigenvalue weighted by Crippen LogP contribution is -2.43. The number of aliphatic imine (C=N–C) groups is 1. The van der Waals surface area contributed by atoms with Crippen LogP contribution in [0.15, 0.2) is 27.2 Å². The number of nitrogens with one attached hydrogen (secondary N) is 1. The van der Waals surface area contributed by atoms with Crippen LogP contribution < -0.4 is 5.32 Å². The molecule has 1 amide bonds. The minimum Gasteiger partial charge on any atom is -0.450 e. The zero-order valence-corrected chi connectivity index (χ0v) is 13.3. The standard InChI is InChI=1S/C15H21N3O2S/c1-3-20-14(19)18-6-4-15(5-7-18)8-12(21-2)13-11(15)9-16-10-17-13/h8,10H,3-7,9H2,1-2H3,(H,16,17). The Morgan fingerprint density at radius 3 is 2.95 bits per heavy atom. The molecule has 0 saturated carbocycles. The number of carbonyl (C=O) groups excluding carboxylic acids is 1. The van der Waals surface area contributed by atoms with E-state index in [4.69, 9.17) is 4.74 Å². The summed E-state index contributed by atoms with van der Waals surface area (Å²) in [4.78, 5) is 19.3. The van der Waals surface area contributed by atoms with Crippen LogP contribution in [-0.2, 0) is 4.74 Å². The molecule has 0 aromatic heterocycles. The van der Waals surface area contributed by atoms with Crippen LogP contribution in [0.5, 0.6) is 0 Å². The first-order valence-corrected chi connectivity index (χ1v) is 8.60. The van der Waals surface area contributed by atoms with Crippen LogP contribution in [0.4, 0.5) is 4.79 Å². The van der Waals surface area contributed by atoms with Crippen molar-refractivity contribution in [1.29, 1.82) is 0 Å². The predicted octanol–water partition coefficient (Wildman–Crippen LogP) is 2.37. The quantitative estimate of drug-likeness (QED) is 0.851.